The number of imidazole rings is 2. The standard InChI is InChI=1S/C31H23F6N9O2/c1-17(46-13-3-11-40-46)28(47)42-22-7-4-18(14-21(22)30(32,33)34)41-29-43-24-15-20(6-9-25(24)45(29)2)48-19-5-8-23(38-12-10-19)27-39-16-26(44-27)31(35,36)37/h3-7,9-16H,1,8H2,2H3,(H,39,44)(H,41,43)(H,42,47). The molecule has 1 amide bonds. The fraction of sp³-hybridized carbons (Fsp3) is 0.129. The van der Waals surface area contributed by atoms with Crippen molar-refractivity contribution in [3.8, 4) is 5.75 Å². The van der Waals surface area contributed by atoms with Gasteiger partial charge in [-0.05, 0) is 48.6 Å². The summed E-state index contributed by atoms with van der Waals surface area (Å²) in [5, 5.41) is 9.00. The number of benzene rings is 2. The normalized spacial score (nSPS) is 13.6. The number of aryl methyl sites for hydroxylation is 1. The number of hydrogen-bond donors (Lipinski definition) is 3. The van der Waals surface area contributed by atoms with Gasteiger partial charge >= 0.3 is 12.4 Å². The summed E-state index contributed by atoms with van der Waals surface area (Å²) < 4.78 is 89.7. The van der Waals surface area contributed by atoms with E-state index in [1.54, 1.807) is 42.0 Å². The number of H-pyrrole nitrogens is 1. The summed E-state index contributed by atoms with van der Waals surface area (Å²) in [5.74, 6) is 0.0864. The molecule has 3 N–H and O–H groups in total. The first kappa shape index (κ1) is 31.8. The topological polar surface area (TPSA) is 127 Å². The molecule has 0 radical (unpaired) electrons. The van der Waals surface area contributed by atoms with Crippen molar-refractivity contribution in [1.82, 2.24) is 29.3 Å². The summed E-state index contributed by atoms with van der Waals surface area (Å²) in [7, 11) is 1.67. The van der Waals surface area contributed by atoms with E-state index in [9.17, 15) is 31.1 Å². The highest BCUT2D eigenvalue weighted by Gasteiger charge is 2.35. The number of fused-ring (bicyclic) bond motifs is 1. The molecule has 246 valence electrons. The van der Waals surface area contributed by atoms with Gasteiger partial charge in [0, 0.05) is 43.8 Å². The molecule has 6 rings (SSSR count). The van der Waals surface area contributed by atoms with Crippen LogP contribution in [-0.4, -0.2) is 40.9 Å². The molecule has 0 atom stereocenters. The number of ether oxygens (including phenoxy) is 1. The third kappa shape index (κ3) is 6.69. The Kier molecular flexibility index (Phi) is 8.11. The molecule has 1 aliphatic rings. The number of alkyl halides is 6. The summed E-state index contributed by atoms with van der Waals surface area (Å²) in [6.07, 6.45) is -1.15. The number of allylic oxidation sites excluding steroid dienone is 2. The number of nitrogens with one attached hydrogen (secondary N) is 3. The van der Waals surface area contributed by atoms with Crippen molar-refractivity contribution in [2.24, 2.45) is 12.0 Å². The first-order valence-electron chi connectivity index (χ1n) is 13.9. The van der Waals surface area contributed by atoms with Crippen molar-refractivity contribution in [1.29, 1.82) is 0 Å². The van der Waals surface area contributed by atoms with Gasteiger partial charge in [0.05, 0.1) is 34.2 Å². The third-order valence-electron chi connectivity index (χ3n) is 7.08. The van der Waals surface area contributed by atoms with Crippen molar-refractivity contribution in [2.45, 2.75) is 18.8 Å². The Labute approximate surface area is 267 Å². The smallest absolute Gasteiger partial charge is 0.432 e. The fourth-order valence-corrected chi connectivity index (χ4v) is 4.68. The van der Waals surface area contributed by atoms with E-state index in [0.717, 1.165) is 16.8 Å². The molecule has 5 aromatic rings. The van der Waals surface area contributed by atoms with Crippen LogP contribution in [0.15, 0.2) is 96.7 Å². The maximum atomic E-state index is 14.0. The highest BCUT2D eigenvalue weighted by atomic mass is 19.4. The first-order valence-corrected chi connectivity index (χ1v) is 13.9. The van der Waals surface area contributed by atoms with E-state index in [0.29, 0.717) is 28.7 Å². The van der Waals surface area contributed by atoms with E-state index < -0.39 is 35.2 Å². The third-order valence-corrected chi connectivity index (χ3v) is 7.08. The molecule has 0 bridgehead atoms. The quantitative estimate of drug-likeness (QED) is 0.120. The van der Waals surface area contributed by atoms with Gasteiger partial charge in [-0.25, -0.2) is 14.6 Å². The van der Waals surface area contributed by atoms with Crippen LogP contribution in [0.2, 0.25) is 0 Å². The molecule has 0 aliphatic carbocycles. The lowest BCUT2D eigenvalue weighted by Gasteiger charge is -2.16. The number of nitrogens with zero attached hydrogens (tertiary/aromatic N) is 6. The molecule has 0 unspecified atom stereocenters. The van der Waals surface area contributed by atoms with Gasteiger partial charge in [-0.3, -0.25) is 9.79 Å². The number of amides is 1. The number of aromatic nitrogens is 6. The van der Waals surface area contributed by atoms with Gasteiger partial charge < -0.3 is 24.9 Å². The summed E-state index contributed by atoms with van der Waals surface area (Å²) in [6, 6.07) is 9.87. The second-order valence-electron chi connectivity index (χ2n) is 10.3. The summed E-state index contributed by atoms with van der Waals surface area (Å²) in [4.78, 5) is 27.2. The number of carbonyl (C=O) groups excluding carboxylic acids is 1. The van der Waals surface area contributed by atoms with Gasteiger partial charge in [0.1, 0.15) is 22.9 Å². The fourth-order valence-electron chi connectivity index (χ4n) is 4.68. The SMILES string of the molecule is C=C(C(=O)Nc1ccc(Nc2nc3cc(OC4=CCC(c5ncc(C(F)(F)F)[nH]5)=NC=C4)ccc3n2C)cc1C(F)(F)F)n1cccn1. The van der Waals surface area contributed by atoms with Gasteiger partial charge in [0.25, 0.3) is 5.91 Å². The second kappa shape index (κ2) is 12.2. The van der Waals surface area contributed by atoms with Crippen LogP contribution in [0.1, 0.15) is 23.5 Å². The van der Waals surface area contributed by atoms with E-state index in [2.05, 4.69) is 42.3 Å². The molecule has 0 spiro atoms. The molecule has 0 saturated carbocycles. The molecule has 2 aromatic carbocycles. The van der Waals surface area contributed by atoms with Crippen LogP contribution >= 0.6 is 0 Å². The number of anilines is 3. The number of aliphatic imine (C=N–C) groups is 1. The maximum Gasteiger partial charge on any atom is 0.432 e. The Bertz CT molecular complexity index is 2120. The molecule has 0 saturated heterocycles. The molecule has 17 heteroatoms. The second-order valence-corrected chi connectivity index (χ2v) is 10.3. The minimum atomic E-state index is -4.80. The number of carbonyl (C=O) groups is 1. The van der Waals surface area contributed by atoms with Crippen molar-refractivity contribution in [2.75, 3.05) is 10.6 Å². The number of aromatic amines is 1. The Morgan fingerprint density at radius 3 is 2.60 bits per heavy atom. The highest BCUT2D eigenvalue weighted by Crippen LogP contribution is 2.38. The zero-order chi connectivity index (χ0) is 34.2. The average molecular weight is 668 g/mol. The van der Waals surface area contributed by atoms with Crippen LogP contribution in [0.4, 0.5) is 43.7 Å². The zero-order valence-electron chi connectivity index (χ0n) is 24.7. The Morgan fingerprint density at radius 1 is 1.08 bits per heavy atom. The summed E-state index contributed by atoms with van der Waals surface area (Å²) >= 11 is 0. The van der Waals surface area contributed by atoms with Crippen LogP contribution in [0.25, 0.3) is 16.7 Å². The Hall–Kier alpha value is -6.13. The Morgan fingerprint density at radius 2 is 1.90 bits per heavy atom. The largest absolute Gasteiger partial charge is 0.458 e. The molecule has 0 fully saturated rings. The van der Waals surface area contributed by atoms with Gasteiger partial charge in [0.15, 0.2) is 5.82 Å². The Balaban J connectivity index is 1.17. The molecule has 1 aliphatic heterocycles. The average Bonchev–Trinajstić information content (AvgIpc) is 3.77. The number of hydrogen-bond acceptors (Lipinski definition) is 7. The van der Waals surface area contributed by atoms with Crippen LogP contribution in [0, 0.1) is 0 Å². The molecule has 3 aromatic heterocycles. The van der Waals surface area contributed by atoms with Crippen LogP contribution in [0.5, 0.6) is 5.75 Å². The van der Waals surface area contributed by atoms with Crippen molar-refractivity contribution in [3.63, 3.8) is 0 Å². The molecular formula is C31H23F6N9O2. The molecule has 11 nitrogen and oxygen atoms in total. The van der Waals surface area contributed by atoms with Gasteiger partial charge in [0.2, 0.25) is 5.95 Å². The summed E-state index contributed by atoms with van der Waals surface area (Å²) in [5.41, 5.74) is -1.27. The molecular weight excluding hydrogens is 644 g/mol. The predicted molar refractivity (Wildman–Crippen MR) is 164 cm³/mol. The summed E-state index contributed by atoms with van der Waals surface area (Å²) in [6.45, 7) is 3.58. The first-order chi connectivity index (χ1) is 22.8. The van der Waals surface area contributed by atoms with E-state index >= 15 is 0 Å². The maximum absolute atomic E-state index is 14.0. The van der Waals surface area contributed by atoms with Crippen molar-refractivity contribution < 1.29 is 35.9 Å². The number of halogens is 6. The predicted octanol–water partition coefficient (Wildman–Crippen LogP) is 7.05. The van der Waals surface area contributed by atoms with Gasteiger partial charge in [-0.1, -0.05) is 6.58 Å². The monoisotopic (exact) mass is 667 g/mol. The molecule has 4 heterocycles. The lowest BCUT2D eigenvalue weighted by atomic mass is 10.1. The van der Waals surface area contributed by atoms with Crippen molar-refractivity contribution in [3.05, 3.63) is 109 Å². The minimum absolute atomic E-state index is 0.0163. The van der Waals surface area contributed by atoms with Crippen molar-refractivity contribution >= 4 is 45.7 Å². The highest BCUT2D eigenvalue weighted by molar-refractivity contribution is 6.19. The minimum Gasteiger partial charge on any atom is -0.458 e. The number of rotatable bonds is 8. The van der Waals surface area contributed by atoms with Crippen LogP contribution in [-0.2, 0) is 24.2 Å². The van der Waals surface area contributed by atoms with Crippen LogP contribution in [0.3, 0.4) is 0 Å². The van der Waals surface area contributed by atoms with E-state index in [4.69, 9.17) is 4.74 Å². The lowest BCUT2D eigenvalue weighted by molar-refractivity contribution is -0.141. The van der Waals surface area contributed by atoms with E-state index in [-0.39, 0.29) is 35.3 Å². The van der Waals surface area contributed by atoms with E-state index in [1.807, 2.05) is 0 Å². The zero-order valence-corrected chi connectivity index (χ0v) is 24.7. The van der Waals surface area contributed by atoms with Gasteiger partial charge in [-0.2, -0.15) is 31.4 Å². The molecule has 48 heavy (non-hydrogen) atoms. The lowest BCUT2D eigenvalue weighted by Crippen LogP contribution is -2.20. The van der Waals surface area contributed by atoms with Crippen LogP contribution < -0.4 is 15.4 Å². The van der Waals surface area contributed by atoms with Gasteiger partial charge in [-0.15, -0.1) is 0 Å². The van der Waals surface area contributed by atoms with E-state index in [1.165, 1.54) is 30.7 Å².